The summed E-state index contributed by atoms with van der Waals surface area (Å²) in [6.07, 6.45) is 3.81. The van der Waals surface area contributed by atoms with Crippen molar-refractivity contribution in [2.45, 2.75) is 6.04 Å². The van der Waals surface area contributed by atoms with Crippen LogP contribution in [0, 0.1) is 0 Å². The van der Waals surface area contributed by atoms with Crippen molar-refractivity contribution in [2.24, 2.45) is 4.99 Å². The van der Waals surface area contributed by atoms with Gasteiger partial charge in [-0.25, -0.2) is 9.79 Å². The molecule has 4 heteroatoms. The smallest absolute Gasteiger partial charge is 0.342 e. The Morgan fingerprint density at radius 2 is 2.06 bits per heavy atom. The molecule has 0 saturated carbocycles. The normalized spacial score (nSPS) is 25.9. The topological polar surface area (TPSA) is 38.7 Å². The van der Waals surface area contributed by atoms with Gasteiger partial charge in [0.05, 0.1) is 4.91 Å². The molecule has 2 heterocycles. The molecule has 2 atom stereocenters. The van der Waals surface area contributed by atoms with E-state index in [1.54, 1.807) is 0 Å². The van der Waals surface area contributed by atoms with Crippen molar-refractivity contribution in [1.82, 2.24) is 0 Å². The summed E-state index contributed by atoms with van der Waals surface area (Å²) >= 11 is 0. The predicted molar refractivity (Wildman–Crippen MR) is 74.6 cm³/mol. The maximum atomic E-state index is 11.8. The van der Waals surface area contributed by atoms with Crippen LogP contribution in [0.4, 0.5) is 0 Å². The summed E-state index contributed by atoms with van der Waals surface area (Å²) in [5, 5.41) is 1.97. The quantitative estimate of drug-likeness (QED) is 0.603. The van der Waals surface area contributed by atoms with Crippen LogP contribution in [0.15, 0.2) is 57.8 Å². The molecule has 3 rings (SSSR count). The number of aliphatic imine (C=N–C) groups is 1. The van der Waals surface area contributed by atoms with Crippen LogP contribution >= 0.6 is 10.5 Å². The number of ether oxygens (including phenoxy) is 1. The van der Waals surface area contributed by atoms with E-state index in [1.807, 2.05) is 47.9 Å². The Hall–Kier alpha value is -1.94. The molecule has 0 fully saturated rings. The van der Waals surface area contributed by atoms with Gasteiger partial charge in [-0.05, 0) is 17.0 Å². The van der Waals surface area contributed by atoms with Gasteiger partial charge < -0.3 is 4.74 Å². The highest BCUT2D eigenvalue weighted by atomic mass is 32.2. The molecular formula is C14H11NO2S. The van der Waals surface area contributed by atoms with Crippen molar-refractivity contribution in [2.75, 3.05) is 0 Å². The standard InChI is InChI=1S/C14H11NO2S/c1-18-9-5-8-11(18)13-15-12(14(16)17-13)10-6-3-2-4-7-10/h2-9,12H,1H2. The minimum Gasteiger partial charge on any atom is -0.405 e. The zero-order chi connectivity index (χ0) is 12.5. The fourth-order valence-electron chi connectivity index (χ4n) is 1.87. The van der Waals surface area contributed by atoms with Gasteiger partial charge in [-0.3, -0.25) is 0 Å². The Labute approximate surface area is 107 Å². The summed E-state index contributed by atoms with van der Waals surface area (Å²) in [6.45, 7) is 0. The molecule has 0 aliphatic carbocycles. The molecule has 0 bridgehead atoms. The number of hydrogen-bond acceptors (Lipinski definition) is 3. The maximum Gasteiger partial charge on any atom is 0.342 e. The van der Waals surface area contributed by atoms with E-state index in [4.69, 9.17) is 4.74 Å². The van der Waals surface area contributed by atoms with Crippen LogP contribution in [0.3, 0.4) is 0 Å². The lowest BCUT2D eigenvalue weighted by Gasteiger charge is -2.02. The van der Waals surface area contributed by atoms with Crippen LogP contribution in [0.25, 0.3) is 0 Å². The highest BCUT2D eigenvalue weighted by molar-refractivity contribution is 8.20. The lowest BCUT2D eigenvalue weighted by Crippen LogP contribution is -2.08. The van der Waals surface area contributed by atoms with Crippen LogP contribution < -0.4 is 0 Å². The summed E-state index contributed by atoms with van der Waals surface area (Å²) < 4.78 is 5.25. The molecule has 18 heavy (non-hydrogen) atoms. The van der Waals surface area contributed by atoms with Gasteiger partial charge in [0.1, 0.15) is 0 Å². The first kappa shape index (κ1) is 11.2. The number of allylic oxidation sites excluding steroid dienone is 2. The van der Waals surface area contributed by atoms with Crippen molar-refractivity contribution < 1.29 is 9.53 Å². The number of cyclic esters (lactones) is 1. The average Bonchev–Trinajstić information content (AvgIpc) is 2.96. The van der Waals surface area contributed by atoms with Gasteiger partial charge in [-0.1, -0.05) is 42.3 Å². The van der Waals surface area contributed by atoms with E-state index in [-0.39, 0.29) is 16.5 Å². The largest absolute Gasteiger partial charge is 0.405 e. The fraction of sp³-hybridized carbons (Fsp3) is 0.0714. The second-order valence-electron chi connectivity index (χ2n) is 3.96. The van der Waals surface area contributed by atoms with Gasteiger partial charge in [-0.15, -0.1) is 10.5 Å². The first-order chi connectivity index (χ1) is 8.75. The molecule has 2 aliphatic rings. The minimum absolute atomic E-state index is 0.264. The van der Waals surface area contributed by atoms with E-state index >= 15 is 0 Å². The molecule has 2 unspecified atom stereocenters. The molecule has 0 saturated heterocycles. The molecule has 0 N–H and O–H groups in total. The lowest BCUT2D eigenvalue weighted by molar-refractivity contribution is -0.135. The summed E-state index contributed by atoms with van der Waals surface area (Å²) in [4.78, 5) is 17.1. The Kier molecular flexibility index (Phi) is 2.72. The van der Waals surface area contributed by atoms with Gasteiger partial charge >= 0.3 is 5.97 Å². The molecule has 0 spiro atoms. The molecule has 90 valence electrons. The lowest BCUT2D eigenvalue weighted by atomic mass is 10.1. The summed E-state index contributed by atoms with van der Waals surface area (Å²) in [5.41, 5.74) is 0.855. The van der Waals surface area contributed by atoms with Crippen molar-refractivity contribution >= 4 is 28.2 Å². The zero-order valence-electron chi connectivity index (χ0n) is 9.58. The Morgan fingerprint density at radius 1 is 1.28 bits per heavy atom. The monoisotopic (exact) mass is 257 g/mol. The van der Waals surface area contributed by atoms with Crippen LogP contribution in [0.5, 0.6) is 0 Å². The predicted octanol–water partition coefficient (Wildman–Crippen LogP) is 2.80. The summed E-state index contributed by atoms with van der Waals surface area (Å²) in [7, 11) is -0.264. The molecule has 0 aromatic heterocycles. The minimum atomic E-state index is -0.542. The molecule has 3 nitrogen and oxygen atoms in total. The van der Waals surface area contributed by atoms with Crippen LogP contribution in [0.1, 0.15) is 11.6 Å². The molecule has 2 aliphatic heterocycles. The van der Waals surface area contributed by atoms with Crippen LogP contribution in [0.2, 0.25) is 0 Å². The summed E-state index contributed by atoms with van der Waals surface area (Å²) in [5.74, 6) is 4.08. The number of nitrogens with zero attached hydrogens (tertiary/aromatic N) is 1. The van der Waals surface area contributed by atoms with Crippen LogP contribution in [-0.4, -0.2) is 17.7 Å². The molecule has 0 amide bonds. The van der Waals surface area contributed by atoms with Crippen molar-refractivity contribution in [3.63, 3.8) is 0 Å². The van der Waals surface area contributed by atoms with Crippen molar-refractivity contribution in [3.05, 3.63) is 58.4 Å². The van der Waals surface area contributed by atoms with Gasteiger partial charge in [0.2, 0.25) is 5.90 Å². The third-order valence-electron chi connectivity index (χ3n) is 2.77. The summed E-state index contributed by atoms with van der Waals surface area (Å²) in [6, 6.07) is 8.90. The highest BCUT2D eigenvalue weighted by Gasteiger charge is 2.32. The second kappa shape index (κ2) is 4.38. The number of rotatable bonds is 2. The Balaban J connectivity index is 1.93. The van der Waals surface area contributed by atoms with E-state index in [2.05, 4.69) is 10.9 Å². The average molecular weight is 257 g/mol. The van der Waals surface area contributed by atoms with E-state index in [1.165, 1.54) is 0 Å². The fourth-order valence-corrected chi connectivity index (χ4v) is 2.86. The van der Waals surface area contributed by atoms with Gasteiger partial charge in [0.25, 0.3) is 0 Å². The van der Waals surface area contributed by atoms with Gasteiger partial charge in [0.15, 0.2) is 6.04 Å². The number of carbonyl (C=O) groups excluding carboxylic acids is 1. The number of esters is 1. The Bertz CT molecular complexity index is 614. The molecule has 0 radical (unpaired) electrons. The zero-order valence-corrected chi connectivity index (χ0v) is 10.4. The molecular weight excluding hydrogens is 246 g/mol. The third-order valence-corrected chi connectivity index (χ3v) is 4.13. The third kappa shape index (κ3) is 1.84. The first-order valence-electron chi connectivity index (χ1n) is 5.52. The first-order valence-corrected chi connectivity index (χ1v) is 6.97. The number of carbonyl (C=O) groups is 1. The van der Waals surface area contributed by atoms with E-state index in [0.29, 0.717) is 5.90 Å². The molecule has 1 aromatic carbocycles. The van der Waals surface area contributed by atoms with Gasteiger partial charge in [-0.2, -0.15) is 0 Å². The van der Waals surface area contributed by atoms with E-state index in [0.717, 1.165) is 10.5 Å². The molecule has 1 aromatic rings. The van der Waals surface area contributed by atoms with Crippen molar-refractivity contribution in [3.8, 4) is 0 Å². The Morgan fingerprint density at radius 3 is 2.72 bits per heavy atom. The van der Waals surface area contributed by atoms with Crippen molar-refractivity contribution in [1.29, 1.82) is 0 Å². The number of hydrogen-bond donors (Lipinski definition) is 0. The van der Waals surface area contributed by atoms with Gasteiger partial charge in [0, 0.05) is 0 Å². The van der Waals surface area contributed by atoms with E-state index < -0.39 is 6.04 Å². The number of benzene rings is 1. The highest BCUT2D eigenvalue weighted by Crippen LogP contribution is 2.35. The second-order valence-corrected chi connectivity index (χ2v) is 5.53. The maximum absolute atomic E-state index is 11.8. The van der Waals surface area contributed by atoms with Crippen LogP contribution in [-0.2, 0) is 9.53 Å². The SMILES string of the molecule is C=S1C=CC=C1C1=NC(c2ccccc2)C(=O)O1. The van der Waals surface area contributed by atoms with E-state index in [9.17, 15) is 4.79 Å².